The minimum Gasteiger partial charge on any atom is -0.508 e. The van der Waals surface area contributed by atoms with E-state index < -0.39 is 47.0 Å². The van der Waals surface area contributed by atoms with Crippen molar-refractivity contribution in [1.82, 2.24) is 10.6 Å². The summed E-state index contributed by atoms with van der Waals surface area (Å²) in [4.78, 5) is 26.0. The van der Waals surface area contributed by atoms with Crippen molar-refractivity contribution in [3.8, 4) is 57.1 Å². The summed E-state index contributed by atoms with van der Waals surface area (Å²) in [5, 5.41) is 102. The standard InChI is InChI=1S/C44H48N2O12/c1-3-46-21-31(25-18-33(48)41(54)34(49)19-25)43(44(56)57)58-37(52)13-12-22-17-35(50)42(55)38-23(7-6-14-45-2)15-24(16-29(22)38)30-20-36(51)40(53)28-10-4-8-26-27(39(28)30)9-5-11-32(26)47/h5,9,11-13,16-20,23,31,43,45-51,53-55H,3-4,6-8,10,14-15,21H2,1-2H3,(H,56,57)/t23-,31+,43-/m1/s1. The van der Waals surface area contributed by atoms with Crippen LogP contribution in [0.3, 0.4) is 0 Å². The number of aromatic hydroxyl groups is 8. The van der Waals surface area contributed by atoms with Gasteiger partial charge in [0, 0.05) is 35.2 Å². The summed E-state index contributed by atoms with van der Waals surface area (Å²) in [5.74, 6) is -7.46. The van der Waals surface area contributed by atoms with Crippen molar-refractivity contribution in [3.05, 3.63) is 87.5 Å². The summed E-state index contributed by atoms with van der Waals surface area (Å²) >= 11 is 0. The Hall–Kier alpha value is -6.38. The molecule has 306 valence electrons. The number of ether oxygens (including phenoxy) is 1. The molecule has 0 aliphatic heterocycles. The molecule has 0 bridgehead atoms. The first kappa shape index (κ1) is 41.3. The number of rotatable bonds is 14. The molecule has 0 radical (unpaired) electrons. The normalized spacial score (nSPS) is 15.8. The second kappa shape index (κ2) is 17.4. The molecule has 4 aromatic carbocycles. The van der Waals surface area contributed by atoms with Crippen molar-refractivity contribution in [3.63, 3.8) is 0 Å². The van der Waals surface area contributed by atoms with Crippen LogP contribution in [0.5, 0.6) is 46.0 Å². The van der Waals surface area contributed by atoms with Crippen LogP contribution in [0.15, 0.2) is 48.5 Å². The second-order valence-corrected chi connectivity index (χ2v) is 14.6. The van der Waals surface area contributed by atoms with Gasteiger partial charge in [-0.25, -0.2) is 9.59 Å². The molecular weight excluding hydrogens is 748 g/mol. The van der Waals surface area contributed by atoms with Crippen LogP contribution < -0.4 is 10.6 Å². The second-order valence-electron chi connectivity index (χ2n) is 14.6. The van der Waals surface area contributed by atoms with Crippen LogP contribution in [0.25, 0.3) is 28.9 Å². The molecule has 0 aromatic heterocycles. The Morgan fingerprint density at radius 1 is 0.862 bits per heavy atom. The molecule has 14 nitrogen and oxygen atoms in total. The van der Waals surface area contributed by atoms with E-state index in [1.807, 2.05) is 13.1 Å². The van der Waals surface area contributed by atoms with Gasteiger partial charge in [-0.05, 0) is 140 Å². The minimum absolute atomic E-state index is 0.0451. The van der Waals surface area contributed by atoms with Crippen LogP contribution in [0.4, 0.5) is 0 Å². The Morgan fingerprint density at radius 3 is 2.24 bits per heavy atom. The predicted molar refractivity (Wildman–Crippen MR) is 216 cm³/mol. The zero-order valence-electron chi connectivity index (χ0n) is 32.1. The van der Waals surface area contributed by atoms with Gasteiger partial charge in [-0.1, -0.05) is 25.1 Å². The molecule has 0 fully saturated rings. The Morgan fingerprint density at radius 2 is 1.55 bits per heavy atom. The first-order valence-electron chi connectivity index (χ1n) is 19.2. The van der Waals surface area contributed by atoms with Gasteiger partial charge in [0.15, 0.2) is 40.2 Å². The quantitative estimate of drug-likeness (QED) is 0.0307. The average Bonchev–Trinajstić information content (AvgIpc) is 3.39. The van der Waals surface area contributed by atoms with Crippen molar-refractivity contribution in [2.24, 2.45) is 0 Å². The number of likely N-dealkylation sites (N-methyl/N-ethyl adjacent to an activating group) is 1. The monoisotopic (exact) mass is 796 g/mol. The summed E-state index contributed by atoms with van der Waals surface area (Å²) in [7, 11) is 1.82. The van der Waals surface area contributed by atoms with Crippen LogP contribution in [0, 0.1) is 0 Å². The van der Waals surface area contributed by atoms with Gasteiger partial charge in [-0.15, -0.1) is 0 Å². The lowest BCUT2D eigenvalue weighted by atomic mass is 9.75. The van der Waals surface area contributed by atoms with E-state index in [-0.39, 0.29) is 46.6 Å². The Kier molecular flexibility index (Phi) is 12.4. The van der Waals surface area contributed by atoms with Crippen LogP contribution in [-0.2, 0) is 27.2 Å². The molecule has 11 N–H and O–H groups in total. The highest BCUT2D eigenvalue weighted by atomic mass is 16.6. The summed E-state index contributed by atoms with van der Waals surface area (Å²) < 4.78 is 5.48. The van der Waals surface area contributed by atoms with Crippen LogP contribution in [0.1, 0.15) is 83.4 Å². The third-order valence-corrected chi connectivity index (χ3v) is 10.9. The van der Waals surface area contributed by atoms with Crippen molar-refractivity contribution in [2.75, 3.05) is 26.7 Å². The number of fused-ring (bicyclic) bond motifs is 4. The van der Waals surface area contributed by atoms with Gasteiger partial charge in [-0.2, -0.15) is 0 Å². The highest BCUT2D eigenvalue weighted by molar-refractivity contribution is 5.98. The fourth-order valence-electron chi connectivity index (χ4n) is 8.18. The number of phenolic OH excluding ortho intramolecular Hbond substituents is 8. The molecule has 4 aromatic rings. The molecule has 0 saturated carbocycles. The molecule has 14 heteroatoms. The van der Waals surface area contributed by atoms with Crippen molar-refractivity contribution < 1.29 is 60.3 Å². The lowest BCUT2D eigenvalue weighted by molar-refractivity contribution is -0.162. The molecule has 0 heterocycles. The van der Waals surface area contributed by atoms with Crippen molar-refractivity contribution in [2.45, 2.75) is 63.4 Å². The zero-order valence-corrected chi connectivity index (χ0v) is 32.1. The van der Waals surface area contributed by atoms with E-state index in [4.69, 9.17) is 4.74 Å². The maximum atomic E-state index is 13.4. The van der Waals surface area contributed by atoms with Gasteiger partial charge >= 0.3 is 11.9 Å². The Balaban J connectivity index is 1.45. The fraction of sp³-hybridized carbons (Fsp3) is 0.318. The van der Waals surface area contributed by atoms with E-state index in [1.54, 1.807) is 25.1 Å². The van der Waals surface area contributed by atoms with Crippen molar-refractivity contribution in [1.29, 1.82) is 0 Å². The van der Waals surface area contributed by atoms with E-state index in [2.05, 4.69) is 10.6 Å². The number of carbonyl (C=O) groups is 2. The predicted octanol–water partition coefficient (Wildman–Crippen LogP) is 5.92. The number of nitrogens with one attached hydrogen (secondary N) is 2. The van der Waals surface area contributed by atoms with E-state index in [0.717, 1.165) is 23.8 Å². The molecule has 3 atom stereocenters. The smallest absolute Gasteiger partial charge is 0.345 e. The number of hydrogen-bond donors (Lipinski definition) is 11. The Labute approximate surface area is 334 Å². The van der Waals surface area contributed by atoms with Crippen LogP contribution in [0.2, 0.25) is 0 Å². The van der Waals surface area contributed by atoms with Crippen molar-refractivity contribution >= 4 is 29.7 Å². The number of hydrogen-bond acceptors (Lipinski definition) is 13. The molecule has 0 amide bonds. The number of esters is 1. The molecule has 0 spiro atoms. The average molecular weight is 797 g/mol. The number of phenols is 8. The molecule has 2 aliphatic carbocycles. The fourth-order valence-corrected chi connectivity index (χ4v) is 8.18. The number of carbonyl (C=O) groups excluding carboxylic acids is 1. The minimum atomic E-state index is -1.82. The summed E-state index contributed by atoms with van der Waals surface area (Å²) in [5.41, 5.74) is 5.20. The van der Waals surface area contributed by atoms with Gasteiger partial charge in [0.1, 0.15) is 5.75 Å². The third-order valence-electron chi connectivity index (χ3n) is 10.9. The maximum Gasteiger partial charge on any atom is 0.345 e. The highest BCUT2D eigenvalue weighted by Gasteiger charge is 2.35. The largest absolute Gasteiger partial charge is 0.508 e. The third kappa shape index (κ3) is 8.20. The van der Waals surface area contributed by atoms with E-state index in [1.165, 1.54) is 18.2 Å². The maximum absolute atomic E-state index is 13.4. The number of benzene rings is 4. The molecule has 2 aliphatic rings. The van der Waals surface area contributed by atoms with E-state index >= 15 is 0 Å². The molecule has 58 heavy (non-hydrogen) atoms. The Bertz CT molecular complexity index is 2280. The molecule has 0 unspecified atom stereocenters. The molecular formula is C44H48N2O12. The zero-order chi connectivity index (χ0) is 41.8. The number of carboxylic acid groups (broad SMARTS) is 1. The summed E-state index contributed by atoms with van der Waals surface area (Å²) in [6.45, 7) is 2.80. The van der Waals surface area contributed by atoms with Gasteiger partial charge in [0.2, 0.25) is 6.10 Å². The first-order valence-corrected chi connectivity index (χ1v) is 19.2. The summed E-state index contributed by atoms with van der Waals surface area (Å²) in [6.07, 6.45) is 5.51. The SMILES string of the molecule is CCNC[C@@H](c1cc(O)c(O)c(O)c1)[C@@H](OC(=O)C=Cc1cc(O)c(O)c2c1C=C(c1cc(O)c(O)c3c1-c1cccc(O)c1CCC3)C[C@H]2CCCNC)C(=O)O. The van der Waals surface area contributed by atoms with E-state index in [9.17, 15) is 55.5 Å². The van der Waals surface area contributed by atoms with Crippen LogP contribution >= 0.6 is 0 Å². The summed E-state index contributed by atoms with van der Waals surface area (Å²) in [6, 6.07) is 10.1. The van der Waals surface area contributed by atoms with Gasteiger partial charge in [0.25, 0.3) is 0 Å². The number of carboxylic acids is 1. The molecule has 0 saturated heterocycles. The highest BCUT2D eigenvalue weighted by Crippen LogP contribution is 2.53. The first-order chi connectivity index (χ1) is 27.7. The van der Waals surface area contributed by atoms with Crippen LogP contribution in [-0.4, -0.2) is 90.7 Å². The molecule has 6 rings (SSSR count). The van der Waals surface area contributed by atoms with E-state index in [0.29, 0.717) is 90.6 Å². The van der Waals surface area contributed by atoms with Gasteiger partial charge in [0.05, 0.1) is 0 Å². The lowest BCUT2D eigenvalue weighted by Gasteiger charge is -2.30. The van der Waals surface area contributed by atoms with Gasteiger partial charge in [-0.3, -0.25) is 0 Å². The number of allylic oxidation sites excluding steroid dienone is 1. The number of aliphatic carboxylic acids is 1. The van der Waals surface area contributed by atoms with Gasteiger partial charge < -0.3 is 61.3 Å². The topological polar surface area (TPSA) is 249 Å². The lowest BCUT2D eigenvalue weighted by Crippen LogP contribution is -2.38.